The number of amides is 2. The van der Waals surface area contributed by atoms with E-state index in [9.17, 15) is 14.0 Å². The van der Waals surface area contributed by atoms with Gasteiger partial charge in [-0.2, -0.15) is 0 Å². The first-order valence-electron chi connectivity index (χ1n) is 9.42. The van der Waals surface area contributed by atoms with E-state index in [0.717, 1.165) is 12.8 Å². The fraction of sp³-hybridized carbons (Fsp3) is 0.400. The van der Waals surface area contributed by atoms with Crippen LogP contribution in [0.4, 0.5) is 14.7 Å². The number of halogens is 3. The summed E-state index contributed by atoms with van der Waals surface area (Å²) in [7, 11) is 0. The molecule has 2 amide bonds. The van der Waals surface area contributed by atoms with Crippen molar-refractivity contribution in [3.63, 3.8) is 0 Å². The zero-order valence-electron chi connectivity index (χ0n) is 15.3. The van der Waals surface area contributed by atoms with Crippen LogP contribution in [0.5, 0.6) is 0 Å². The van der Waals surface area contributed by atoms with Crippen LogP contribution in [-0.4, -0.2) is 45.9 Å². The maximum absolute atomic E-state index is 15.2. The van der Waals surface area contributed by atoms with Crippen molar-refractivity contribution in [1.29, 1.82) is 0 Å². The number of aromatic nitrogens is 2. The third kappa shape index (κ3) is 3.06. The summed E-state index contributed by atoms with van der Waals surface area (Å²) < 4.78 is 29.6. The van der Waals surface area contributed by atoms with Gasteiger partial charge in [-0.1, -0.05) is 17.7 Å². The number of alkyl halides is 1. The van der Waals surface area contributed by atoms with Gasteiger partial charge in [-0.15, -0.1) is 0 Å². The number of hydrogen-bond donors (Lipinski definition) is 1. The highest BCUT2D eigenvalue weighted by molar-refractivity contribution is 6.30. The van der Waals surface area contributed by atoms with Crippen molar-refractivity contribution >= 4 is 29.4 Å². The molecule has 0 bridgehead atoms. The van der Waals surface area contributed by atoms with E-state index in [1.807, 2.05) is 0 Å². The Hall–Kier alpha value is -2.61. The smallest absolute Gasteiger partial charge is 0.254 e. The standard InChI is InChI=1S/C20H17ClF2N4O2/c21-11-6-24-19(25-7-11)26-15(28)8-27-9-20(5-14(20)22)16-13(18(27)29)4-3-12(17(16)23)10-1-2-10/h3-4,6-7,10,14H,1-2,5,8-9H2,(H,24,25,26,28)/t14?,20-/m1/s1. The Kier molecular flexibility index (Phi) is 4.10. The molecule has 0 saturated heterocycles. The Bertz CT molecular complexity index is 1030. The lowest BCUT2D eigenvalue weighted by atomic mass is 9.83. The van der Waals surface area contributed by atoms with Crippen molar-refractivity contribution in [3.05, 3.63) is 52.1 Å². The minimum Gasteiger partial charge on any atom is -0.328 e. The molecule has 29 heavy (non-hydrogen) atoms. The number of anilines is 1. The molecule has 1 spiro atoms. The molecule has 1 aliphatic heterocycles. The molecule has 5 rings (SSSR count). The predicted octanol–water partition coefficient (Wildman–Crippen LogP) is 3.22. The van der Waals surface area contributed by atoms with Gasteiger partial charge in [-0.3, -0.25) is 14.9 Å². The second kappa shape index (κ2) is 6.45. The number of nitrogens with zero attached hydrogens (tertiary/aromatic N) is 3. The largest absolute Gasteiger partial charge is 0.328 e. The number of fused-ring (bicyclic) bond motifs is 2. The van der Waals surface area contributed by atoms with Gasteiger partial charge in [0, 0.05) is 17.7 Å². The predicted molar refractivity (Wildman–Crippen MR) is 101 cm³/mol. The monoisotopic (exact) mass is 418 g/mol. The van der Waals surface area contributed by atoms with Gasteiger partial charge >= 0.3 is 0 Å². The van der Waals surface area contributed by atoms with Gasteiger partial charge in [0.15, 0.2) is 0 Å². The molecule has 2 aliphatic carbocycles. The SMILES string of the molecule is O=C(CN1C[C@@]2(CC2F)c2c(ccc(C3CC3)c2F)C1=O)Nc1ncc(Cl)cn1. The zero-order chi connectivity index (χ0) is 20.3. The average molecular weight is 419 g/mol. The molecule has 3 aliphatic rings. The van der Waals surface area contributed by atoms with Gasteiger partial charge in [0.1, 0.15) is 18.5 Å². The van der Waals surface area contributed by atoms with Gasteiger partial charge in [0.05, 0.1) is 22.8 Å². The molecule has 1 aromatic heterocycles. The van der Waals surface area contributed by atoms with Crippen molar-refractivity contribution in [2.75, 3.05) is 18.4 Å². The maximum atomic E-state index is 15.2. The van der Waals surface area contributed by atoms with E-state index < -0.39 is 29.2 Å². The molecule has 2 fully saturated rings. The minimum atomic E-state index is -1.23. The third-order valence-electron chi connectivity index (χ3n) is 5.87. The highest BCUT2D eigenvalue weighted by atomic mass is 35.5. The fourth-order valence-corrected chi connectivity index (χ4v) is 4.25. The van der Waals surface area contributed by atoms with Crippen LogP contribution in [0.25, 0.3) is 0 Å². The van der Waals surface area contributed by atoms with Crippen LogP contribution in [0.2, 0.25) is 5.02 Å². The van der Waals surface area contributed by atoms with E-state index in [1.165, 1.54) is 17.3 Å². The van der Waals surface area contributed by atoms with Gasteiger partial charge in [0.2, 0.25) is 11.9 Å². The molecule has 9 heteroatoms. The lowest BCUT2D eigenvalue weighted by molar-refractivity contribution is -0.117. The van der Waals surface area contributed by atoms with Crippen molar-refractivity contribution in [2.24, 2.45) is 0 Å². The summed E-state index contributed by atoms with van der Waals surface area (Å²) in [4.78, 5) is 34.3. The van der Waals surface area contributed by atoms with Crippen LogP contribution in [-0.2, 0) is 10.2 Å². The second-order valence-corrected chi connectivity index (χ2v) is 8.36. The van der Waals surface area contributed by atoms with E-state index in [0.29, 0.717) is 10.6 Å². The number of rotatable bonds is 4. The van der Waals surface area contributed by atoms with Crippen LogP contribution < -0.4 is 5.32 Å². The van der Waals surface area contributed by atoms with Crippen LogP contribution in [0, 0.1) is 5.82 Å². The number of carbonyl (C=O) groups excluding carboxylic acids is 2. The molecule has 2 saturated carbocycles. The van der Waals surface area contributed by atoms with Gasteiger partial charge < -0.3 is 4.90 Å². The molecule has 2 aromatic rings. The average Bonchev–Trinajstić information content (AvgIpc) is 3.60. The van der Waals surface area contributed by atoms with E-state index in [1.54, 1.807) is 12.1 Å². The molecule has 1 unspecified atom stereocenters. The first-order valence-corrected chi connectivity index (χ1v) is 9.80. The summed E-state index contributed by atoms with van der Waals surface area (Å²) >= 11 is 5.71. The van der Waals surface area contributed by atoms with E-state index in [2.05, 4.69) is 15.3 Å². The summed E-state index contributed by atoms with van der Waals surface area (Å²) in [5, 5.41) is 2.80. The number of carbonyl (C=O) groups is 2. The summed E-state index contributed by atoms with van der Waals surface area (Å²) in [5.74, 6) is -1.23. The Morgan fingerprint density at radius 1 is 1.31 bits per heavy atom. The van der Waals surface area contributed by atoms with Gasteiger partial charge in [0.25, 0.3) is 5.91 Å². The summed E-state index contributed by atoms with van der Waals surface area (Å²) in [6.45, 7) is -0.329. The van der Waals surface area contributed by atoms with Crippen LogP contribution >= 0.6 is 11.6 Å². The summed E-state index contributed by atoms with van der Waals surface area (Å²) in [5.41, 5.74) is -0.151. The van der Waals surface area contributed by atoms with Gasteiger partial charge in [-0.05, 0) is 36.8 Å². The first-order chi connectivity index (χ1) is 13.9. The van der Waals surface area contributed by atoms with Crippen LogP contribution in [0.3, 0.4) is 0 Å². The fourth-order valence-electron chi connectivity index (χ4n) is 4.15. The molecule has 1 aromatic carbocycles. The molecule has 2 atom stereocenters. The number of hydrogen-bond acceptors (Lipinski definition) is 4. The molecule has 1 N–H and O–H groups in total. The summed E-state index contributed by atoms with van der Waals surface area (Å²) in [6, 6.07) is 3.20. The lowest BCUT2D eigenvalue weighted by Crippen LogP contribution is -2.48. The first kappa shape index (κ1) is 18.4. The molecular weight excluding hydrogens is 402 g/mol. The van der Waals surface area contributed by atoms with Crippen molar-refractivity contribution in [1.82, 2.24) is 14.9 Å². The van der Waals surface area contributed by atoms with E-state index in [4.69, 9.17) is 11.6 Å². The topological polar surface area (TPSA) is 75.2 Å². The normalized spacial score (nSPS) is 25.1. The highest BCUT2D eigenvalue weighted by Crippen LogP contribution is 2.56. The minimum absolute atomic E-state index is 0.0278. The lowest BCUT2D eigenvalue weighted by Gasteiger charge is -2.35. The van der Waals surface area contributed by atoms with E-state index >= 15 is 4.39 Å². The molecule has 0 radical (unpaired) electrons. The van der Waals surface area contributed by atoms with Crippen molar-refractivity contribution in [3.8, 4) is 0 Å². The second-order valence-electron chi connectivity index (χ2n) is 7.93. The zero-order valence-corrected chi connectivity index (χ0v) is 16.0. The quantitative estimate of drug-likeness (QED) is 0.827. The number of benzene rings is 1. The Morgan fingerprint density at radius 2 is 2.00 bits per heavy atom. The van der Waals surface area contributed by atoms with Crippen LogP contribution in [0.15, 0.2) is 24.5 Å². The van der Waals surface area contributed by atoms with E-state index in [-0.39, 0.29) is 42.5 Å². The van der Waals surface area contributed by atoms with Gasteiger partial charge in [-0.25, -0.2) is 18.7 Å². The Balaban J connectivity index is 1.41. The molecule has 2 heterocycles. The molecule has 150 valence electrons. The van der Waals surface area contributed by atoms with Crippen molar-refractivity contribution < 1.29 is 18.4 Å². The Labute approximate surface area is 170 Å². The Morgan fingerprint density at radius 3 is 2.62 bits per heavy atom. The summed E-state index contributed by atoms with van der Waals surface area (Å²) in [6.07, 6.45) is 3.41. The highest BCUT2D eigenvalue weighted by Gasteiger charge is 2.62. The number of nitrogens with one attached hydrogen (secondary N) is 1. The maximum Gasteiger partial charge on any atom is 0.254 e. The van der Waals surface area contributed by atoms with Crippen LogP contribution in [0.1, 0.15) is 46.7 Å². The van der Waals surface area contributed by atoms with Crippen molar-refractivity contribution in [2.45, 2.75) is 36.8 Å². The third-order valence-corrected chi connectivity index (χ3v) is 6.06. The molecule has 6 nitrogen and oxygen atoms in total. The molecular formula is C20H17ClF2N4O2.